The van der Waals surface area contributed by atoms with E-state index in [4.69, 9.17) is 5.11 Å². The van der Waals surface area contributed by atoms with Gasteiger partial charge in [-0.1, -0.05) is 54.9 Å². The molecule has 33 heavy (non-hydrogen) atoms. The lowest BCUT2D eigenvalue weighted by atomic mass is 9.75. The molecule has 0 aromatic carbocycles. The Bertz CT molecular complexity index is 855. The minimum Gasteiger partial charge on any atom is -0.481 e. The minimum atomic E-state index is -0.797. The maximum atomic E-state index is 13.5. The van der Waals surface area contributed by atoms with E-state index in [-0.39, 0.29) is 12.5 Å². The topological polar surface area (TPSA) is 82.5 Å². The van der Waals surface area contributed by atoms with Crippen molar-refractivity contribution in [2.75, 3.05) is 11.1 Å². The zero-order valence-corrected chi connectivity index (χ0v) is 20.8. The lowest BCUT2D eigenvalue weighted by molar-refractivity contribution is -0.136. The number of aromatic nitrogens is 1. The molecule has 1 unspecified atom stereocenters. The van der Waals surface area contributed by atoms with E-state index in [1.165, 1.54) is 55.2 Å². The first-order valence-corrected chi connectivity index (χ1v) is 14.1. The third-order valence-corrected chi connectivity index (χ3v) is 9.32. The van der Waals surface area contributed by atoms with Crippen LogP contribution >= 0.6 is 23.1 Å². The lowest BCUT2D eigenvalue weighted by Crippen LogP contribution is -2.51. The Morgan fingerprint density at radius 2 is 1.85 bits per heavy atom. The fourth-order valence-electron chi connectivity index (χ4n) is 5.53. The van der Waals surface area contributed by atoms with E-state index in [1.807, 2.05) is 0 Å². The van der Waals surface area contributed by atoms with Crippen molar-refractivity contribution in [3.63, 3.8) is 0 Å². The van der Waals surface area contributed by atoms with Crippen LogP contribution in [0.25, 0.3) is 0 Å². The van der Waals surface area contributed by atoms with E-state index in [2.05, 4.69) is 39.5 Å². The fourth-order valence-corrected chi connectivity index (χ4v) is 7.39. The number of rotatable bonds is 8. The molecule has 4 rings (SSSR count). The maximum Gasteiger partial charge on any atom is 0.324 e. The SMILES string of the molecule is O=C(O)CCSc1cnc(NC(=O)N(C2CCCCC2)C2CCC(C3C=CC=CC3)CC2)s1. The zero-order chi connectivity index (χ0) is 23.0. The van der Waals surface area contributed by atoms with Crippen molar-refractivity contribution in [3.8, 4) is 0 Å². The number of carboxylic acid groups (broad SMARTS) is 1. The first kappa shape index (κ1) is 24.3. The quantitative estimate of drug-likeness (QED) is 0.404. The van der Waals surface area contributed by atoms with Crippen LogP contribution in [-0.4, -0.2) is 44.8 Å². The molecule has 180 valence electrons. The molecule has 0 radical (unpaired) electrons. The minimum absolute atomic E-state index is 0.0118. The number of aliphatic carboxylic acids is 1. The summed E-state index contributed by atoms with van der Waals surface area (Å²) in [6.45, 7) is 0. The van der Waals surface area contributed by atoms with Crippen LogP contribution in [0.5, 0.6) is 0 Å². The molecule has 8 heteroatoms. The highest BCUT2D eigenvalue weighted by Gasteiger charge is 2.36. The van der Waals surface area contributed by atoms with E-state index in [0.29, 0.717) is 28.9 Å². The Hall–Kier alpha value is -1.80. The zero-order valence-electron chi connectivity index (χ0n) is 19.2. The van der Waals surface area contributed by atoms with Crippen molar-refractivity contribution in [2.45, 2.75) is 86.9 Å². The summed E-state index contributed by atoms with van der Waals surface area (Å²) >= 11 is 2.90. The number of anilines is 1. The molecule has 1 aromatic heterocycles. The number of carbonyl (C=O) groups excluding carboxylic acids is 1. The number of carboxylic acids is 1. The Labute approximate surface area is 204 Å². The Morgan fingerprint density at radius 1 is 1.09 bits per heavy atom. The number of hydrogen-bond acceptors (Lipinski definition) is 5. The molecule has 3 aliphatic carbocycles. The highest BCUT2D eigenvalue weighted by atomic mass is 32.2. The van der Waals surface area contributed by atoms with Crippen molar-refractivity contribution in [2.24, 2.45) is 11.8 Å². The van der Waals surface area contributed by atoms with Gasteiger partial charge in [0, 0.05) is 17.8 Å². The first-order valence-electron chi connectivity index (χ1n) is 12.3. The van der Waals surface area contributed by atoms with Crippen molar-refractivity contribution >= 4 is 40.2 Å². The van der Waals surface area contributed by atoms with E-state index in [0.717, 1.165) is 42.2 Å². The van der Waals surface area contributed by atoms with Gasteiger partial charge in [0.2, 0.25) is 0 Å². The average Bonchev–Trinajstić information content (AvgIpc) is 3.28. The molecule has 0 saturated heterocycles. The van der Waals surface area contributed by atoms with Gasteiger partial charge in [0.15, 0.2) is 5.13 Å². The van der Waals surface area contributed by atoms with Crippen molar-refractivity contribution in [1.82, 2.24) is 9.88 Å². The monoisotopic (exact) mass is 489 g/mol. The normalized spacial score (nSPS) is 25.6. The van der Waals surface area contributed by atoms with Gasteiger partial charge in [-0.3, -0.25) is 10.1 Å². The van der Waals surface area contributed by atoms with Crippen molar-refractivity contribution < 1.29 is 14.7 Å². The predicted molar refractivity (Wildman–Crippen MR) is 135 cm³/mol. The molecule has 1 heterocycles. The molecule has 2 fully saturated rings. The molecule has 0 aliphatic heterocycles. The molecular weight excluding hydrogens is 454 g/mol. The van der Waals surface area contributed by atoms with Gasteiger partial charge in [0.25, 0.3) is 0 Å². The summed E-state index contributed by atoms with van der Waals surface area (Å²) in [5, 5.41) is 12.5. The van der Waals surface area contributed by atoms with Gasteiger partial charge in [-0.25, -0.2) is 9.78 Å². The summed E-state index contributed by atoms with van der Waals surface area (Å²) in [6.07, 6.45) is 22.4. The lowest BCUT2D eigenvalue weighted by Gasteiger charge is -2.43. The van der Waals surface area contributed by atoms with Gasteiger partial charge < -0.3 is 10.0 Å². The van der Waals surface area contributed by atoms with E-state index in [9.17, 15) is 9.59 Å². The molecule has 6 nitrogen and oxygen atoms in total. The highest BCUT2D eigenvalue weighted by molar-refractivity contribution is 8.01. The number of nitrogens with zero attached hydrogens (tertiary/aromatic N) is 2. The van der Waals surface area contributed by atoms with Gasteiger partial charge in [0.1, 0.15) is 0 Å². The number of amides is 2. The largest absolute Gasteiger partial charge is 0.481 e. The number of nitrogens with one attached hydrogen (secondary N) is 1. The van der Waals surface area contributed by atoms with Gasteiger partial charge in [-0.2, -0.15) is 0 Å². The van der Waals surface area contributed by atoms with E-state index in [1.54, 1.807) is 6.20 Å². The first-order chi connectivity index (χ1) is 16.1. The second-order valence-corrected chi connectivity index (χ2v) is 11.8. The number of thioether (sulfide) groups is 1. The molecule has 3 aliphatic rings. The summed E-state index contributed by atoms with van der Waals surface area (Å²) in [5.74, 6) is 1.09. The van der Waals surface area contributed by atoms with Crippen LogP contribution < -0.4 is 5.32 Å². The van der Waals surface area contributed by atoms with Crippen LogP contribution in [0.15, 0.2) is 34.7 Å². The predicted octanol–water partition coefficient (Wildman–Crippen LogP) is 6.57. The van der Waals surface area contributed by atoms with Crippen LogP contribution in [0.3, 0.4) is 0 Å². The Morgan fingerprint density at radius 3 is 2.55 bits per heavy atom. The smallest absolute Gasteiger partial charge is 0.324 e. The number of thiazole rings is 1. The van der Waals surface area contributed by atoms with Gasteiger partial charge >= 0.3 is 12.0 Å². The second kappa shape index (κ2) is 12.1. The van der Waals surface area contributed by atoms with Crippen LogP contribution in [0, 0.1) is 11.8 Å². The van der Waals surface area contributed by atoms with Gasteiger partial charge in [-0.05, 0) is 56.8 Å². The molecule has 0 bridgehead atoms. The van der Waals surface area contributed by atoms with Gasteiger partial charge in [-0.15, -0.1) is 11.8 Å². The van der Waals surface area contributed by atoms with Crippen LogP contribution in [0.2, 0.25) is 0 Å². The molecule has 2 amide bonds. The number of urea groups is 1. The molecule has 1 aromatic rings. The molecule has 2 N–H and O–H groups in total. The molecular formula is C25H35N3O3S2. The summed E-state index contributed by atoms with van der Waals surface area (Å²) in [7, 11) is 0. The average molecular weight is 490 g/mol. The summed E-state index contributed by atoms with van der Waals surface area (Å²) in [5.41, 5.74) is 0. The molecule has 0 spiro atoms. The van der Waals surface area contributed by atoms with Crippen molar-refractivity contribution in [3.05, 3.63) is 30.5 Å². The van der Waals surface area contributed by atoms with Crippen LogP contribution in [0.4, 0.5) is 9.93 Å². The highest BCUT2D eigenvalue weighted by Crippen LogP contribution is 2.38. The maximum absolute atomic E-state index is 13.5. The summed E-state index contributed by atoms with van der Waals surface area (Å²) < 4.78 is 0.936. The third kappa shape index (κ3) is 6.85. The summed E-state index contributed by atoms with van der Waals surface area (Å²) in [6, 6.07) is 0.612. The molecule has 1 atom stereocenters. The number of hydrogen-bond donors (Lipinski definition) is 2. The molecule has 2 saturated carbocycles. The summed E-state index contributed by atoms with van der Waals surface area (Å²) in [4.78, 5) is 30.8. The van der Waals surface area contributed by atoms with E-state index < -0.39 is 5.97 Å². The Balaban J connectivity index is 1.37. The number of carbonyl (C=O) groups is 2. The van der Waals surface area contributed by atoms with Crippen molar-refractivity contribution in [1.29, 1.82) is 0 Å². The standard InChI is InChI=1S/C25H35N3O3S2/c29-22(30)15-16-32-23-17-26-24(33-23)27-25(31)28(20-9-5-2-6-10-20)21-13-11-19(12-14-21)18-7-3-1-4-8-18/h1,3-4,7,17-21H,2,5-6,8-16H2,(H,29,30)(H,26,27,31). The Kier molecular flexibility index (Phi) is 8.89. The van der Waals surface area contributed by atoms with E-state index >= 15 is 0 Å². The van der Waals surface area contributed by atoms with Gasteiger partial charge in [0.05, 0.1) is 16.8 Å². The number of allylic oxidation sites excluding steroid dienone is 4. The third-order valence-electron chi connectivity index (χ3n) is 7.22. The fraction of sp³-hybridized carbons (Fsp3) is 0.640. The van der Waals surface area contributed by atoms with Crippen LogP contribution in [0.1, 0.15) is 70.6 Å². The second-order valence-electron chi connectivity index (χ2n) is 9.39. The van der Waals surface area contributed by atoms with Crippen LogP contribution in [-0.2, 0) is 4.79 Å².